The van der Waals surface area contributed by atoms with Crippen LogP contribution in [-0.4, -0.2) is 49.3 Å². The summed E-state index contributed by atoms with van der Waals surface area (Å²) >= 11 is 0. The third-order valence-electron chi connectivity index (χ3n) is 9.00. The van der Waals surface area contributed by atoms with Crippen molar-refractivity contribution in [2.75, 3.05) is 38.2 Å². The molecule has 0 aromatic heterocycles. The average Bonchev–Trinajstić information content (AvgIpc) is 3.05. The molecule has 3 aromatic carbocycles. The number of benzene rings is 3. The first-order valence-corrected chi connectivity index (χ1v) is 15.8. The summed E-state index contributed by atoms with van der Waals surface area (Å²) in [5.74, 6) is 0.851. The fraction of sp³-hybridized carbons (Fsp3) is 0.256. The molecule has 46 heavy (non-hydrogen) atoms. The molecular weight excluding hydrogens is 575 g/mol. The lowest BCUT2D eigenvalue weighted by Gasteiger charge is -2.40. The van der Waals surface area contributed by atoms with Gasteiger partial charge in [0.2, 0.25) is 0 Å². The number of fused-ring (bicyclic) bond motifs is 1. The predicted octanol–water partition coefficient (Wildman–Crippen LogP) is 6.18. The molecule has 1 saturated heterocycles. The van der Waals surface area contributed by atoms with Crippen LogP contribution in [0.25, 0.3) is 11.8 Å². The summed E-state index contributed by atoms with van der Waals surface area (Å²) in [6.07, 6.45) is 16.1. The van der Waals surface area contributed by atoms with Crippen molar-refractivity contribution in [1.82, 2.24) is 10.2 Å². The molecule has 7 heteroatoms. The predicted molar refractivity (Wildman–Crippen MR) is 185 cm³/mol. The molecule has 1 atom stereocenters. The van der Waals surface area contributed by atoms with Crippen LogP contribution in [0.5, 0.6) is 11.5 Å². The molecule has 0 bridgehead atoms. The lowest BCUT2D eigenvalue weighted by atomic mass is 9.97. The summed E-state index contributed by atoms with van der Waals surface area (Å²) in [5, 5.41) is 15.3. The largest absolute Gasteiger partial charge is 0.506 e. The number of nitrogens with one attached hydrogen (secondary N) is 1. The smallest absolute Gasteiger partial charge is 0.142 e. The van der Waals surface area contributed by atoms with Crippen molar-refractivity contribution in [1.29, 1.82) is 0 Å². The number of phenols is 1. The van der Waals surface area contributed by atoms with Gasteiger partial charge in [0.15, 0.2) is 0 Å². The van der Waals surface area contributed by atoms with Gasteiger partial charge in [-0.25, -0.2) is 4.39 Å². The Morgan fingerprint density at radius 2 is 1.93 bits per heavy atom. The molecule has 6 nitrogen and oxygen atoms in total. The molecule has 6 rings (SSSR count). The van der Waals surface area contributed by atoms with Crippen molar-refractivity contribution in [3.8, 4) is 11.5 Å². The summed E-state index contributed by atoms with van der Waals surface area (Å²) in [6.45, 7) is 9.55. The van der Waals surface area contributed by atoms with Crippen LogP contribution in [0, 0.1) is 5.82 Å². The lowest BCUT2D eigenvalue weighted by Crippen LogP contribution is -2.46. The van der Waals surface area contributed by atoms with Crippen molar-refractivity contribution in [2.45, 2.75) is 31.8 Å². The minimum Gasteiger partial charge on any atom is -0.506 e. The normalized spacial score (nSPS) is 18.3. The van der Waals surface area contributed by atoms with E-state index in [1.165, 1.54) is 11.6 Å². The van der Waals surface area contributed by atoms with Gasteiger partial charge < -0.3 is 20.1 Å². The molecule has 236 valence electrons. The Kier molecular flexibility index (Phi) is 9.50. The van der Waals surface area contributed by atoms with E-state index in [9.17, 15) is 9.50 Å². The number of methoxy groups -OCH3 is 1. The van der Waals surface area contributed by atoms with Gasteiger partial charge in [0.25, 0.3) is 0 Å². The van der Waals surface area contributed by atoms with Gasteiger partial charge in [-0.3, -0.25) is 9.89 Å². The Balaban J connectivity index is 1.18. The van der Waals surface area contributed by atoms with Gasteiger partial charge in [0, 0.05) is 54.9 Å². The maximum atomic E-state index is 14.5. The number of hydrogen-bond acceptors (Lipinski definition) is 6. The summed E-state index contributed by atoms with van der Waals surface area (Å²) in [4.78, 5) is 9.15. The highest BCUT2D eigenvalue weighted by molar-refractivity contribution is 5.69. The maximum Gasteiger partial charge on any atom is 0.142 e. The van der Waals surface area contributed by atoms with Gasteiger partial charge >= 0.3 is 0 Å². The molecule has 0 amide bonds. The standard InChI is InChI=1S/C39H41FN4O2/c1-4-7-28(20-27(2)30-22-31-24-42-39(31)38(45)23-30)26-44(32-10-12-34(46-3)13-11-32)33-15-18-43(19-16-33)25-29-14-17-41-37(21-29)35-8-5-6-9-36(35)40/h4-14,17,20-24,33,37,41,45H,1,15-16,18-19,25-26H2,2-3H3/b27-20+,28-7+. The van der Waals surface area contributed by atoms with Gasteiger partial charge in [0.05, 0.1) is 13.2 Å². The van der Waals surface area contributed by atoms with E-state index in [1.807, 2.05) is 36.5 Å². The van der Waals surface area contributed by atoms with Crippen molar-refractivity contribution < 1.29 is 14.2 Å². The highest BCUT2D eigenvalue weighted by Gasteiger charge is 2.26. The van der Waals surface area contributed by atoms with Gasteiger partial charge in [-0.15, -0.1) is 0 Å². The van der Waals surface area contributed by atoms with E-state index in [0.717, 1.165) is 65.8 Å². The number of nitrogens with zero attached hydrogens (tertiary/aromatic N) is 3. The monoisotopic (exact) mass is 616 g/mol. The van der Waals surface area contributed by atoms with Gasteiger partial charge in [0.1, 0.15) is 22.7 Å². The first kappa shape index (κ1) is 31.1. The molecule has 3 heterocycles. The highest BCUT2D eigenvalue weighted by atomic mass is 19.1. The van der Waals surface area contributed by atoms with E-state index in [2.05, 4.69) is 76.1 Å². The third-order valence-corrected chi connectivity index (χ3v) is 9.00. The van der Waals surface area contributed by atoms with E-state index in [4.69, 9.17) is 4.74 Å². The zero-order valence-electron chi connectivity index (χ0n) is 26.5. The number of rotatable bonds is 11. The number of piperidine rings is 1. The molecule has 0 radical (unpaired) electrons. The van der Waals surface area contributed by atoms with Crippen LogP contribution in [0.3, 0.4) is 0 Å². The SMILES string of the molecule is C=C/C=C(\C=C(/C)c1cc(O)c2c(c1)=CN=2)CN(c1ccc(OC)cc1)C1CCN(CC2=CC(c3ccccc3F)NC=C2)CC1. The molecule has 0 aliphatic carbocycles. The number of halogens is 1. The first-order valence-electron chi connectivity index (χ1n) is 15.8. The Morgan fingerprint density at radius 3 is 2.61 bits per heavy atom. The quantitative estimate of drug-likeness (QED) is 0.252. The highest BCUT2D eigenvalue weighted by Crippen LogP contribution is 2.29. The van der Waals surface area contributed by atoms with Gasteiger partial charge in [-0.1, -0.05) is 49.1 Å². The van der Waals surface area contributed by atoms with Crippen LogP contribution in [0.15, 0.2) is 120 Å². The fourth-order valence-corrected chi connectivity index (χ4v) is 6.47. The zero-order chi connectivity index (χ0) is 32.0. The van der Waals surface area contributed by atoms with Crippen molar-refractivity contribution >= 4 is 17.5 Å². The summed E-state index contributed by atoms with van der Waals surface area (Å²) in [6, 6.07) is 19.3. The van der Waals surface area contributed by atoms with E-state index in [0.29, 0.717) is 23.5 Å². The number of anilines is 1. The van der Waals surface area contributed by atoms with Crippen LogP contribution < -0.4 is 25.5 Å². The first-order chi connectivity index (χ1) is 22.4. The molecule has 0 saturated carbocycles. The van der Waals surface area contributed by atoms with Crippen molar-refractivity contribution in [2.24, 2.45) is 4.99 Å². The van der Waals surface area contributed by atoms with Crippen molar-refractivity contribution in [3.63, 3.8) is 0 Å². The molecule has 0 spiro atoms. The second-order valence-corrected chi connectivity index (χ2v) is 12.1. The summed E-state index contributed by atoms with van der Waals surface area (Å²) in [7, 11) is 1.69. The Labute approximate surface area is 270 Å². The molecule has 1 unspecified atom stereocenters. The van der Waals surface area contributed by atoms with Gasteiger partial charge in [-0.05, 0) is 96.8 Å². The molecule has 3 aliphatic heterocycles. The Bertz CT molecular complexity index is 1830. The summed E-state index contributed by atoms with van der Waals surface area (Å²) in [5.41, 5.74) is 6.17. The summed E-state index contributed by atoms with van der Waals surface area (Å²) < 4.78 is 19.9. The van der Waals surface area contributed by atoms with E-state index in [-0.39, 0.29) is 17.6 Å². The number of dihydropyridines is 1. The maximum absolute atomic E-state index is 14.5. The zero-order valence-corrected chi connectivity index (χ0v) is 26.5. The minimum atomic E-state index is -0.190. The van der Waals surface area contributed by atoms with Crippen LogP contribution in [0.4, 0.5) is 10.1 Å². The van der Waals surface area contributed by atoms with Crippen LogP contribution >= 0.6 is 0 Å². The topological polar surface area (TPSA) is 60.3 Å². The van der Waals surface area contributed by atoms with Crippen LogP contribution in [-0.2, 0) is 0 Å². The second-order valence-electron chi connectivity index (χ2n) is 12.1. The number of aromatic hydroxyl groups is 1. The van der Waals surface area contributed by atoms with E-state index < -0.39 is 0 Å². The Hall–Kier alpha value is -4.88. The van der Waals surface area contributed by atoms with Crippen LogP contribution in [0.2, 0.25) is 0 Å². The molecule has 3 aliphatic rings. The van der Waals surface area contributed by atoms with E-state index in [1.54, 1.807) is 25.4 Å². The number of hydrogen-bond donors (Lipinski definition) is 2. The molecule has 2 N–H and O–H groups in total. The average molecular weight is 617 g/mol. The van der Waals surface area contributed by atoms with Gasteiger partial charge in [-0.2, -0.15) is 0 Å². The molecule has 1 fully saturated rings. The second kappa shape index (κ2) is 14.0. The number of ether oxygens (including phenoxy) is 1. The lowest BCUT2D eigenvalue weighted by molar-refractivity contribution is 0.225. The number of allylic oxidation sites excluding steroid dienone is 3. The fourth-order valence-electron chi connectivity index (χ4n) is 6.47. The molecule has 3 aromatic rings. The number of likely N-dealkylation sites (tertiary alicyclic amines) is 1. The van der Waals surface area contributed by atoms with Crippen LogP contribution in [0.1, 0.15) is 36.9 Å². The third kappa shape index (κ3) is 7.00. The minimum absolute atomic E-state index is 0.166. The molecular formula is C39H41FN4O2. The number of phenolic OH excluding ortho intramolecular Hbond substituents is 1. The van der Waals surface area contributed by atoms with Crippen molar-refractivity contribution in [3.05, 3.63) is 142 Å². The Morgan fingerprint density at radius 1 is 1.15 bits per heavy atom. The van der Waals surface area contributed by atoms with E-state index >= 15 is 0 Å².